The third-order valence-corrected chi connectivity index (χ3v) is 6.02. The van der Waals surface area contributed by atoms with Gasteiger partial charge in [-0.2, -0.15) is 0 Å². The summed E-state index contributed by atoms with van der Waals surface area (Å²) < 4.78 is 5.77. The van der Waals surface area contributed by atoms with Crippen molar-refractivity contribution >= 4 is 29.1 Å². The van der Waals surface area contributed by atoms with Crippen molar-refractivity contribution in [3.05, 3.63) is 63.6 Å². The molecule has 1 heterocycles. The molecule has 6 heteroatoms. The Morgan fingerprint density at radius 3 is 2.38 bits per heavy atom. The van der Waals surface area contributed by atoms with Gasteiger partial charge in [-0.05, 0) is 64.0 Å². The predicted octanol–water partition coefficient (Wildman–Crippen LogP) is 5.10. The Hall–Kier alpha value is -1.75. The van der Waals surface area contributed by atoms with Gasteiger partial charge in [-0.15, -0.1) is 0 Å². The van der Waals surface area contributed by atoms with Gasteiger partial charge in [-0.25, -0.2) is 0 Å². The lowest BCUT2D eigenvalue weighted by atomic mass is 9.95. The fourth-order valence-electron chi connectivity index (χ4n) is 3.52. The molecule has 0 bridgehead atoms. The van der Waals surface area contributed by atoms with Crippen LogP contribution >= 0.6 is 23.2 Å². The van der Waals surface area contributed by atoms with Crippen LogP contribution in [0.3, 0.4) is 0 Å². The van der Waals surface area contributed by atoms with Gasteiger partial charge < -0.3 is 10.1 Å². The number of benzene rings is 2. The number of aryl methyl sites for hydroxylation is 1. The summed E-state index contributed by atoms with van der Waals surface area (Å²) in [6.07, 6.45) is 1.67. The molecule has 3 rings (SSSR count). The summed E-state index contributed by atoms with van der Waals surface area (Å²) >= 11 is 12.6. The zero-order valence-corrected chi connectivity index (χ0v) is 18.5. The molecule has 1 N–H and O–H groups in total. The highest BCUT2D eigenvalue weighted by Crippen LogP contribution is 2.27. The van der Waals surface area contributed by atoms with Crippen molar-refractivity contribution in [3.63, 3.8) is 0 Å². The van der Waals surface area contributed by atoms with Crippen LogP contribution in [0, 0.1) is 12.8 Å². The Labute approximate surface area is 183 Å². The highest BCUT2D eigenvalue weighted by Gasteiger charge is 2.26. The van der Waals surface area contributed by atoms with Gasteiger partial charge in [0.2, 0.25) is 5.91 Å². The first-order chi connectivity index (χ1) is 13.9. The van der Waals surface area contributed by atoms with E-state index in [1.54, 1.807) is 0 Å². The minimum Gasteiger partial charge on any atom is -0.491 e. The Balaban J connectivity index is 1.41. The van der Waals surface area contributed by atoms with Crippen LogP contribution in [0.5, 0.6) is 5.75 Å². The van der Waals surface area contributed by atoms with Gasteiger partial charge in [0.15, 0.2) is 0 Å². The average Bonchev–Trinajstić information content (AvgIpc) is 2.71. The zero-order chi connectivity index (χ0) is 20.8. The maximum Gasteiger partial charge on any atom is 0.223 e. The Kier molecular flexibility index (Phi) is 7.82. The summed E-state index contributed by atoms with van der Waals surface area (Å²) in [5, 5.41) is 4.48. The second kappa shape index (κ2) is 10.3. The van der Waals surface area contributed by atoms with Crippen molar-refractivity contribution < 1.29 is 9.53 Å². The van der Waals surface area contributed by atoms with Crippen molar-refractivity contribution in [2.75, 3.05) is 19.7 Å². The molecule has 1 amide bonds. The van der Waals surface area contributed by atoms with E-state index in [1.807, 2.05) is 56.3 Å². The van der Waals surface area contributed by atoms with Gasteiger partial charge in [0.25, 0.3) is 0 Å². The van der Waals surface area contributed by atoms with Crippen LogP contribution in [0.15, 0.2) is 42.5 Å². The number of carbonyl (C=O) groups excluding carboxylic acids is 1. The third-order valence-electron chi connectivity index (χ3n) is 5.31. The standard InChI is InChI=1S/C23H28Cl2N2O2/c1-16-6-8-19(9-7-16)29-15-17(2)26-23(28)18-10-12-27(13-11-18)14-20-21(24)4-3-5-22(20)25/h3-9,17-18H,10-15H2,1-2H3,(H,26,28). The van der Waals surface area contributed by atoms with Crippen LogP contribution in [0.4, 0.5) is 0 Å². The number of ether oxygens (including phenoxy) is 1. The molecule has 1 aliphatic heterocycles. The molecule has 2 aromatic carbocycles. The number of nitrogens with zero attached hydrogens (tertiary/aromatic N) is 1. The molecule has 0 radical (unpaired) electrons. The average molecular weight is 435 g/mol. The summed E-state index contributed by atoms with van der Waals surface area (Å²) in [6.45, 7) is 6.90. The predicted molar refractivity (Wildman–Crippen MR) is 119 cm³/mol. The smallest absolute Gasteiger partial charge is 0.223 e. The summed E-state index contributed by atoms with van der Waals surface area (Å²) in [7, 11) is 0. The molecule has 0 aromatic heterocycles. The molecule has 0 saturated carbocycles. The van der Waals surface area contributed by atoms with E-state index < -0.39 is 0 Å². The summed E-state index contributed by atoms with van der Waals surface area (Å²) in [5.74, 6) is 0.971. The third kappa shape index (κ3) is 6.36. The van der Waals surface area contributed by atoms with E-state index in [0.717, 1.165) is 37.2 Å². The number of carbonyl (C=O) groups is 1. The zero-order valence-electron chi connectivity index (χ0n) is 17.0. The van der Waals surface area contributed by atoms with Crippen LogP contribution in [0.2, 0.25) is 10.0 Å². The van der Waals surface area contributed by atoms with Crippen molar-refractivity contribution in [3.8, 4) is 5.75 Å². The lowest BCUT2D eigenvalue weighted by Gasteiger charge is -2.32. The minimum absolute atomic E-state index is 0.0368. The van der Waals surface area contributed by atoms with Crippen molar-refractivity contribution in [2.24, 2.45) is 5.92 Å². The lowest BCUT2D eigenvalue weighted by Crippen LogP contribution is -2.44. The van der Waals surface area contributed by atoms with Crippen molar-refractivity contribution in [2.45, 2.75) is 39.3 Å². The maximum absolute atomic E-state index is 12.6. The van der Waals surface area contributed by atoms with Gasteiger partial charge >= 0.3 is 0 Å². The highest BCUT2D eigenvalue weighted by molar-refractivity contribution is 6.35. The Morgan fingerprint density at radius 1 is 1.14 bits per heavy atom. The molecule has 0 spiro atoms. The van der Waals surface area contributed by atoms with Crippen LogP contribution in [0.1, 0.15) is 30.9 Å². The normalized spacial score (nSPS) is 16.4. The topological polar surface area (TPSA) is 41.6 Å². The number of amides is 1. The Bertz CT molecular complexity index is 798. The minimum atomic E-state index is -0.0382. The second-order valence-electron chi connectivity index (χ2n) is 7.78. The molecule has 1 saturated heterocycles. The van der Waals surface area contributed by atoms with Gasteiger partial charge in [0.1, 0.15) is 12.4 Å². The molecule has 1 atom stereocenters. The molecule has 29 heavy (non-hydrogen) atoms. The monoisotopic (exact) mass is 434 g/mol. The van der Waals surface area contributed by atoms with E-state index in [2.05, 4.69) is 10.2 Å². The molecular formula is C23H28Cl2N2O2. The van der Waals surface area contributed by atoms with Crippen LogP contribution in [-0.4, -0.2) is 36.5 Å². The summed E-state index contributed by atoms with van der Waals surface area (Å²) in [5.41, 5.74) is 2.16. The van der Waals surface area contributed by atoms with E-state index in [4.69, 9.17) is 27.9 Å². The lowest BCUT2D eigenvalue weighted by molar-refractivity contribution is -0.127. The number of piperidine rings is 1. The quantitative estimate of drug-likeness (QED) is 0.658. The summed E-state index contributed by atoms with van der Waals surface area (Å²) in [6, 6.07) is 13.5. The number of nitrogens with one attached hydrogen (secondary N) is 1. The molecule has 1 fully saturated rings. The SMILES string of the molecule is Cc1ccc(OCC(C)NC(=O)C2CCN(Cc3c(Cl)cccc3Cl)CC2)cc1. The van der Waals surface area contributed by atoms with Crippen LogP contribution in [-0.2, 0) is 11.3 Å². The van der Waals surface area contributed by atoms with E-state index in [9.17, 15) is 4.79 Å². The van der Waals surface area contributed by atoms with Crippen molar-refractivity contribution in [1.82, 2.24) is 10.2 Å². The maximum atomic E-state index is 12.6. The number of hydrogen-bond acceptors (Lipinski definition) is 3. The van der Waals surface area contributed by atoms with Crippen LogP contribution < -0.4 is 10.1 Å². The van der Waals surface area contributed by atoms with E-state index in [0.29, 0.717) is 23.2 Å². The van der Waals surface area contributed by atoms with Gasteiger partial charge in [-0.3, -0.25) is 9.69 Å². The van der Waals surface area contributed by atoms with Gasteiger partial charge in [0.05, 0.1) is 6.04 Å². The van der Waals surface area contributed by atoms with E-state index in [1.165, 1.54) is 5.56 Å². The number of hydrogen-bond donors (Lipinski definition) is 1. The molecule has 4 nitrogen and oxygen atoms in total. The van der Waals surface area contributed by atoms with Gasteiger partial charge in [0, 0.05) is 28.1 Å². The number of likely N-dealkylation sites (tertiary alicyclic amines) is 1. The molecule has 1 aliphatic rings. The first kappa shape index (κ1) is 21.9. The highest BCUT2D eigenvalue weighted by atomic mass is 35.5. The summed E-state index contributed by atoms with van der Waals surface area (Å²) in [4.78, 5) is 14.9. The molecule has 1 unspecified atom stereocenters. The van der Waals surface area contributed by atoms with Crippen LogP contribution in [0.25, 0.3) is 0 Å². The molecule has 2 aromatic rings. The fraction of sp³-hybridized carbons (Fsp3) is 0.435. The van der Waals surface area contributed by atoms with Crippen molar-refractivity contribution in [1.29, 1.82) is 0 Å². The largest absolute Gasteiger partial charge is 0.491 e. The molecular weight excluding hydrogens is 407 g/mol. The molecule has 0 aliphatic carbocycles. The number of rotatable bonds is 7. The van der Waals surface area contributed by atoms with Gasteiger partial charge in [-0.1, -0.05) is 47.0 Å². The first-order valence-electron chi connectivity index (χ1n) is 10.1. The second-order valence-corrected chi connectivity index (χ2v) is 8.60. The number of halogens is 2. The van der Waals surface area contributed by atoms with E-state index >= 15 is 0 Å². The molecule has 156 valence electrons. The Morgan fingerprint density at radius 2 is 1.76 bits per heavy atom. The fourth-order valence-corrected chi connectivity index (χ4v) is 4.04. The van der Waals surface area contributed by atoms with E-state index in [-0.39, 0.29) is 17.9 Å². The first-order valence-corrected chi connectivity index (χ1v) is 10.8.